The van der Waals surface area contributed by atoms with Crippen LogP contribution in [0.25, 0.3) is 22.3 Å². The number of halogens is 2. The Hall–Kier alpha value is -2.27. The maximum absolute atomic E-state index is 6.80. The average molecular weight is 512 g/mol. The summed E-state index contributed by atoms with van der Waals surface area (Å²) in [6.07, 6.45) is 4.98. The SMILES string of the molecule is CCCCn1c(-c2ccccc2C)nc(Cl)c1CC(CNCc1ccc2[nH]cc(Cl)c2c1)C(C)C. The third-order valence-corrected chi connectivity index (χ3v) is 7.59. The van der Waals surface area contributed by atoms with Gasteiger partial charge in [0, 0.05) is 35.8 Å². The first-order valence-corrected chi connectivity index (χ1v) is 13.4. The lowest BCUT2D eigenvalue weighted by molar-refractivity contribution is 0.352. The summed E-state index contributed by atoms with van der Waals surface area (Å²) in [5, 5.41) is 6.16. The minimum absolute atomic E-state index is 0.439. The Labute approximate surface area is 219 Å². The topological polar surface area (TPSA) is 45.6 Å². The molecule has 4 aromatic rings. The quantitative estimate of drug-likeness (QED) is 0.214. The molecule has 6 heteroatoms. The largest absolute Gasteiger partial charge is 0.360 e. The van der Waals surface area contributed by atoms with Gasteiger partial charge in [-0.1, -0.05) is 80.7 Å². The van der Waals surface area contributed by atoms with Crippen molar-refractivity contribution in [1.29, 1.82) is 0 Å². The fourth-order valence-corrected chi connectivity index (χ4v) is 5.15. The summed E-state index contributed by atoms with van der Waals surface area (Å²) >= 11 is 13.1. The Morgan fingerprint density at radius 3 is 2.66 bits per heavy atom. The predicted molar refractivity (Wildman–Crippen MR) is 149 cm³/mol. The number of rotatable bonds is 11. The van der Waals surface area contributed by atoms with Gasteiger partial charge in [-0.15, -0.1) is 0 Å². The summed E-state index contributed by atoms with van der Waals surface area (Å²) in [5.41, 5.74) is 5.84. The molecule has 1 atom stereocenters. The number of aromatic amines is 1. The second-order valence-electron chi connectivity index (χ2n) is 9.85. The summed E-state index contributed by atoms with van der Waals surface area (Å²) in [6.45, 7) is 11.6. The summed E-state index contributed by atoms with van der Waals surface area (Å²) in [7, 11) is 0. The third kappa shape index (κ3) is 5.94. The molecule has 2 N–H and O–H groups in total. The molecule has 0 aliphatic rings. The van der Waals surface area contributed by atoms with Gasteiger partial charge in [0.25, 0.3) is 0 Å². The van der Waals surface area contributed by atoms with Crippen LogP contribution in [-0.2, 0) is 19.5 Å². The standard InChI is InChI=1S/C29H36Cl2N4/c1-5-6-13-35-27(28(31)34-29(35)23-10-8-7-9-20(23)4)15-22(19(2)3)17-32-16-21-11-12-26-24(14-21)25(30)18-33-26/h7-12,14,18-19,22,32-33H,5-6,13,15-17H2,1-4H3. The van der Waals surface area contributed by atoms with E-state index in [1.807, 2.05) is 6.20 Å². The van der Waals surface area contributed by atoms with E-state index in [1.54, 1.807) is 0 Å². The molecule has 1 unspecified atom stereocenters. The Morgan fingerprint density at radius 1 is 1.11 bits per heavy atom. The number of H-pyrrole nitrogens is 1. The molecule has 0 aliphatic heterocycles. The summed E-state index contributed by atoms with van der Waals surface area (Å²) in [4.78, 5) is 8.06. The molecule has 0 fully saturated rings. The molecule has 0 saturated carbocycles. The highest BCUT2D eigenvalue weighted by atomic mass is 35.5. The maximum atomic E-state index is 6.80. The molecule has 2 aromatic carbocycles. The highest BCUT2D eigenvalue weighted by Gasteiger charge is 2.23. The second-order valence-corrected chi connectivity index (χ2v) is 10.6. The molecular weight excluding hydrogens is 475 g/mol. The summed E-state index contributed by atoms with van der Waals surface area (Å²) < 4.78 is 2.37. The lowest BCUT2D eigenvalue weighted by Crippen LogP contribution is -2.28. The van der Waals surface area contributed by atoms with E-state index in [9.17, 15) is 0 Å². The molecule has 0 amide bonds. The lowest BCUT2D eigenvalue weighted by atomic mass is 9.91. The van der Waals surface area contributed by atoms with E-state index >= 15 is 0 Å². The van der Waals surface area contributed by atoms with Gasteiger partial charge in [0.2, 0.25) is 0 Å². The molecule has 2 aromatic heterocycles. The van der Waals surface area contributed by atoms with Gasteiger partial charge in [-0.05, 0) is 61.4 Å². The van der Waals surface area contributed by atoms with E-state index < -0.39 is 0 Å². The Balaban J connectivity index is 1.52. The number of benzene rings is 2. The van der Waals surface area contributed by atoms with Crippen molar-refractivity contribution >= 4 is 34.1 Å². The van der Waals surface area contributed by atoms with Gasteiger partial charge in [0.05, 0.1) is 10.7 Å². The van der Waals surface area contributed by atoms with Gasteiger partial charge < -0.3 is 14.9 Å². The molecular formula is C29H36Cl2N4. The molecule has 186 valence electrons. The number of fused-ring (bicyclic) bond motifs is 1. The van der Waals surface area contributed by atoms with Crippen LogP contribution in [-0.4, -0.2) is 21.1 Å². The van der Waals surface area contributed by atoms with Crippen molar-refractivity contribution in [2.24, 2.45) is 11.8 Å². The number of unbranched alkanes of at least 4 members (excludes halogenated alkanes) is 1. The smallest absolute Gasteiger partial charge is 0.150 e. The van der Waals surface area contributed by atoms with Crippen LogP contribution in [0.3, 0.4) is 0 Å². The molecule has 0 radical (unpaired) electrons. The molecule has 2 heterocycles. The average Bonchev–Trinajstić information content (AvgIpc) is 3.36. The van der Waals surface area contributed by atoms with Crippen molar-refractivity contribution in [2.45, 2.75) is 60.0 Å². The molecule has 0 aliphatic carbocycles. The van der Waals surface area contributed by atoms with Crippen molar-refractivity contribution in [2.75, 3.05) is 6.54 Å². The van der Waals surface area contributed by atoms with Crippen molar-refractivity contribution in [3.63, 3.8) is 0 Å². The normalized spacial score (nSPS) is 12.7. The zero-order chi connectivity index (χ0) is 24.9. The van der Waals surface area contributed by atoms with Crippen LogP contribution in [0.5, 0.6) is 0 Å². The number of hydrogen-bond acceptors (Lipinski definition) is 2. The molecule has 4 nitrogen and oxygen atoms in total. The number of imidazole rings is 1. The third-order valence-electron chi connectivity index (χ3n) is 6.97. The molecule has 0 saturated heterocycles. The van der Waals surface area contributed by atoms with Crippen molar-refractivity contribution in [1.82, 2.24) is 19.9 Å². The van der Waals surface area contributed by atoms with Crippen LogP contribution in [0.2, 0.25) is 10.2 Å². The monoisotopic (exact) mass is 510 g/mol. The van der Waals surface area contributed by atoms with Crippen LogP contribution < -0.4 is 5.32 Å². The molecule has 0 bridgehead atoms. The van der Waals surface area contributed by atoms with E-state index in [0.717, 1.165) is 71.9 Å². The fourth-order valence-electron chi connectivity index (χ4n) is 4.68. The highest BCUT2D eigenvalue weighted by Crippen LogP contribution is 2.31. The second kappa shape index (κ2) is 11.6. The number of nitrogens with one attached hydrogen (secondary N) is 2. The molecule has 35 heavy (non-hydrogen) atoms. The zero-order valence-corrected chi connectivity index (χ0v) is 22.7. The van der Waals surface area contributed by atoms with Gasteiger partial charge >= 0.3 is 0 Å². The van der Waals surface area contributed by atoms with E-state index in [4.69, 9.17) is 28.2 Å². The van der Waals surface area contributed by atoms with Crippen LogP contribution in [0, 0.1) is 18.8 Å². The van der Waals surface area contributed by atoms with Crippen LogP contribution >= 0.6 is 23.2 Å². The van der Waals surface area contributed by atoms with Crippen molar-refractivity contribution < 1.29 is 0 Å². The first kappa shape index (κ1) is 25.8. The molecule has 4 rings (SSSR count). The predicted octanol–water partition coefficient (Wildman–Crippen LogP) is 8.05. The number of nitrogens with zero attached hydrogens (tertiary/aromatic N) is 2. The van der Waals surface area contributed by atoms with Crippen LogP contribution in [0.4, 0.5) is 0 Å². The fraction of sp³-hybridized carbons (Fsp3) is 0.414. The van der Waals surface area contributed by atoms with Gasteiger partial charge in [-0.2, -0.15) is 0 Å². The van der Waals surface area contributed by atoms with E-state index in [0.29, 0.717) is 17.0 Å². The van der Waals surface area contributed by atoms with Crippen molar-refractivity contribution in [3.05, 3.63) is 75.7 Å². The van der Waals surface area contributed by atoms with E-state index in [-0.39, 0.29) is 0 Å². The van der Waals surface area contributed by atoms with E-state index in [2.05, 4.69) is 85.0 Å². The Morgan fingerprint density at radius 2 is 1.91 bits per heavy atom. The lowest BCUT2D eigenvalue weighted by Gasteiger charge is -2.23. The zero-order valence-electron chi connectivity index (χ0n) is 21.2. The first-order valence-electron chi connectivity index (χ1n) is 12.7. The van der Waals surface area contributed by atoms with Gasteiger partial charge in [0.1, 0.15) is 5.82 Å². The Kier molecular flexibility index (Phi) is 8.59. The summed E-state index contributed by atoms with van der Waals surface area (Å²) in [6, 6.07) is 14.8. The summed E-state index contributed by atoms with van der Waals surface area (Å²) in [5.74, 6) is 1.94. The van der Waals surface area contributed by atoms with Gasteiger partial charge in [-0.25, -0.2) is 4.98 Å². The first-order chi connectivity index (χ1) is 16.9. The minimum Gasteiger partial charge on any atom is -0.360 e. The van der Waals surface area contributed by atoms with E-state index in [1.165, 1.54) is 11.1 Å². The van der Waals surface area contributed by atoms with Gasteiger partial charge in [0.15, 0.2) is 5.15 Å². The number of aryl methyl sites for hydroxylation is 1. The number of hydrogen-bond donors (Lipinski definition) is 2. The Bertz CT molecular complexity index is 1270. The minimum atomic E-state index is 0.439. The van der Waals surface area contributed by atoms with Crippen LogP contribution in [0.1, 0.15) is 50.4 Å². The van der Waals surface area contributed by atoms with Crippen LogP contribution in [0.15, 0.2) is 48.7 Å². The molecule has 0 spiro atoms. The van der Waals surface area contributed by atoms with Gasteiger partial charge in [-0.3, -0.25) is 0 Å². The highest BCUT2D eigenvalue weighted by molar-refractivity contribution is 6.35. The maximum Gasteiger partial charge on any atom is 0.150 e. The number of aromatic nitrogens is 3. The van der Waals surface area contributed by atoms with Crippen molar-refractivity contribution in [3.8, 4) is 11.4 Å².